The van der Waals surface area contributed by atoms with E-state index in [1.54, 1.807) is 68.4 Å². The number of aromatic nitrogens is 1. The van der Waals surface area contributed by atoms with Gasteiger partial charge < -0.3 is 14.4 Å². The molecule has 10 heteroatoms. The number of hydrogen-bond donors (Lipinski definition) is 1. The van der Waals surface area contributed by atoms with Gasteiger partial charge in [0.15, 0.2) is 15.6 Å². The van der Waals surface area contributed by atoms with E-state index in [0.717, 1.165) is 0 Å². The van der Waals surface area contributed by atoms with Gasteiger partial charge in [0.2, 0.25) is 0 Å². The second-order valence-corrected chi connectivity index (χ2v) is 11.4. The van der Waals surface area contributed by atoms with Crippen LogP contribution in [0.2, 0.25) is 5.02 Å². The molecule has 0 saturated carbocycles. The first-order chi connectivity index (χ1) is 18.5. The molecule has 0 aliphatic rings. The molecule has 0 spiro atoms. The molecule has 8 nitrogen and oxygen atoms in total. The molecule has 0 amide bonds. The normalized spacial score (nSPS) is 12.2. The van der Waals surface area contributed by atoms with Gasteiger partial charge in [0.1, 0.15) is 6.10 Å². The van der Waals surface area contributed by atoms with Crippen molar-refractivity contribution in [3.05, 3.63) is 106 Å². The van der Waals surface area contributed by atoms with Crippen LogP contribution in [0.5, 0.6) is 0 Å². The summed E-state index contributed by atoms with van der Waals surface area (Å²) in [5.74, 6) is -1.51. The molecule has 4 rings (SSSR count). The second-order valence-electron chi connectivity index (χ2n) is 9.04. The number of carboxylic acids is 1. The Bertz CT molecular complexity index is 1610. The number of carboxylic acid groups (broad SMARTS) is 1. The highest BCUT2D eigenvalue weighted by Gasteiger charge is 2.23. The Kier molecular flexibility index (Phi) is 8.52. The molecule has 1 unspecified atom stereocenters. The monoisotopic (exact) mass is 567 g/mol. The van der Waals surface area contributed by atoms with E-state index in [2.05, 4.69) is 5.16 Å². The zero-order valence-electron chi connectivity index (χ0n) is 21.3. The fourth-order valence-electron chi connectivity index (χ4n) is 4.24. The number of sulfone groups is 1. The van der Waals surface area contributed by atoms with E-state index < -0.39 is 27.9 Å². The van der Waals surface area contributed by atoms with Crippen molar-refractivity contribution >= 4 is 33.4 Å². The fourth-order valence-corrected chi connectivity index (χ4v) is 6.14. The largest absolute Gasteiger partial charge is 0.481 e. The number of ether oxygens (including phenoxy) is 1. The maximum atomic E-state index is 13.1. The lowest BCUT2D eigenvalue weighted by atomic mass is 10.0. The van der Waals surface area contributed by atoms with Crippen molar-refractivity contribution in [2.45, 2.75) is 43.4 Å². The van der Waals surface area contributed by atoms with Gasteiger partial charge >= 0.3 is 11.9 Å². The summed E-state index contributed by atoms with van der Waals surface area (Å²) in [6.45, 7) is 3.47. The van der Waals surface area contributed by atoms with Crippen molar-refractivity contribution in [1.82, 2.24) is 5.16 Å². The Morgan fingerprint density at radius 2 is 1.67 bits per heavy atom. The van der Waals surface area contributed by atoms with Gasteiger partial charge in [0.05, 0.1) is 29.2 Å². The molecule has 0 radical (unpaired) electrons. The van der Waals surface area contributed by atoms with Gasteiger partial charge in [0, 0.05) is 21.7 Å². The van der Waals surface area contributed by atoms with E-state index in [1.807, 2.05) is 6.07 Å². The molecular formula is C29H26ClNO7S. The van der Waals surface area contributed by atoms with Crippen molar-refractivity contribution in [3.63, 3.8) is 0 Å². The van der Waals surface area contributed by atoms with Crippen molar-refractivity contribution in [3.8, 4) is 11.3 Å². The highest BCUT2D eigenvalue weighted by molar-refractivity contribution is 7.90. The summed E-state index contributed by atoms with van der Waals surface area (Å²) < 4.78 is 37.2. The zero-order chi connectivity index (χ0) is 28.2. The smallest absolute Gasteiger partial charge is 0.311 e. The standard InChI is InChI=1S/C29H26ClNO7S/c1-18-24(16-28(34)37-19(2)23-8-4-5-9-25(23)30)29(38-31-18)21-13-11-20(12-14-21)17-39(35,36)26-10-6-3-7-22(26)15-27(32)33/h3-14,19H,15-17H2,1-2H3,(H,32,33). The number of nitrogens with zero attached hydrogens (tertiary/aromatic N) is 1. The molecule has 1 N–H and O–H groups in total. The summed E-state index contributed by atoms with van der Waals surface area (Å²) in [5.41, 5.74) is 3.16. The molecule has 1 aromatic heterocycles. The quantitative estimate of drug-likeness (QED) is 0.240. The maximum absolute atomic E-state index is 13.1. The van der Waals surface area contributed by atoms with Crippen LogP contribution in [0.3, 0.4) is 0 Å². The lowest BCUT2D eigenvalue weighted by Crippen LogP contribution is -2.12. The molecule has 0 bridgehead atoms. The van der Waals surface area contributed by atoms with Crippen molar-refractivity contribution in [2.75, 3.05) is 0 Å². The van der Waals surface area contributed by atoms with Crippen LogP contribution in [0, 0.1) is 6.92 Å². The van der Waals surface area contributed by atoms with E-state index in [4.69, 9.17) is 26.0 Å². The third-order valence-corrected chi connectivity index (χ3v) is 8.31. The van der Waals surface area contributed by atoms with E-state index in [9.17, 15) is 18.0 Å². The van der Waals surface area contributed by atoms with E-state index in [-0.39, 0.29) is 29.1 Å². The average Bonchev–Trinajstić information content (AvgIpc) is 3.24. The predicted octanol–water partition coefficient (Wildman–Crippen LogP) is 5.75. The van der Waals surface area contributed by atoms with Crippen LogP contribution >= 0.6 is 11.6 Å². The van der Waals surface area contributed by atoms with Crippen LogP contribution in [-0.2, 0) is 42.8 Å². The van der Waals surface area contributed by atoms with Gasteiger partial charge in [-0.3, -0.25) is 9.59 Å². The van der Waals surface area contributed by atoms with Gasteiger partial charge in [-0.05, 0) is 37.1 Å². The summed E-state index contributed by atoms with van der Waals surface area (Å²) in [7, 11) is -3.79. The van der Waals surface area contributed by atoms with Crippen LogP contribution < -0.4 is 0 Å². The third kappa shape index (κ3) is 6.74. The Labute approximate surface area is 231 Å². The molecule has 4 aromatic rings. The maximum Gasteiger partial charge on any atom is 0.311 e. The van der Waals surface area contributed by atoms with E-state index in [0.29, 0.717) is 38.7 Å². The molecule has 39 heavy (non-hydrogen) atoms. The summed E-state index contributed by atoms with van der Waals surface area (Å²) in [6.07, 6.45) is -1.01. The van der Waals surface area contributed by atoms with E-state index in [1.165, 1.54) is 12.1 Å². The lowest BCUT2D eigenvalue weighted by molar-refractivity contribution is -0.147. The number of benzene rings is 3. The molecule has 0 fully saturated rings. The van der Waals surface area contributed by atoms with Crippen LogP contribution in [0.25, 0.3) is 11.3 Å². The number of aryl methyl sites for hydroxylation is 1. The molecule has 0 aliphatic heterocycles. The van der Waals surface area contributed by atoms with Crippen molar-refractivity contribution in [1.29, 1.82) is 0 Å². The summed E-state index contributed by atoms with van der Waals surface area (Å²) in [6, 6.07) is 19.9. The number of halogens is 1. The third-order valence-electron chi connectivity index (χ3n) is 6.18. The first-order valence-corrected chi connectivity index (χ1v) is 14.1. The molecule has 1 atom stereocenters. The molecule has 1 heterocycles. The Morgan fingerprint density at radius 1 is 1.00 bits per heavy atom. The Balaban J connectivity index is 1.49. The number of aliphatic carboxylic acids is 1. The van der Waals surface area contributed by atoms with Gasteiger partial charge in [-0.1, -0.05) is 77.4 Å². The number of esters is 1. The van der Waals surface area contributed by atoms with Crippen LogP contribution in [0.1, 0.15) is 41.0 Å². The Morgan fingerprint density at radius 3 is 2.36 bits per heavy atom. The topological polar surface area (TPSA) is 124 Å². The second kappa shape index (κ2) is 11.8. The summed E-state index contributed by atoms with van der Waals surface area (Å²) in [5, 5.41) is 13.6. The highest BCUT2D eigenvalue weighted by atomic mass is 35.5. The predicted molar refractivity (Wildman–Crippen MR) is 145 cm³/mol. The molecule has 3 aromatic carbocycles. The highest BCUT2D eigenvalue weighted by Crippen LogP contribution is 2.30. The van der Waals surface area contributed by atoms with Crippen LogP contribution in [0.15, 0.2) is 82.2 Å². The van der Waals surface area contributed by atoms with E-state index >= 15 is 0 Å². The molecule has 0 aliphatic carbocycles. The Hall–Kier alpha value is -3.95. The number of hydrogen-bond acceptors (Lipinski definition) is 7. The van der Waals surface area contributed by atoms with Gasteiger partial charge in [-0.2, -0.15) is 0 Å². The van der Waals surface area contributed by atoms with Crippen molar-refractivity contribution < 1.29 is 32.4 Å². The average molecular weight is 568 g/mol. The SMILES string of the molecule is Cc1noc(-c2ccc(CS(=O)(=O)c3ccccc3CC(=O)O)cc2)c1CC(=O)OC(C)c1ccccc1Cl. The summed E-state index contributed by atoms with van der Waals surface area (Å²) >= 11 is 6.21. The summed E-state index contributed by atoms with van der Waals surface area (Å²) in [4.78, 5) is 23.9. The van der Waals surface area contributed by atoms with Crippen LogP contribution in [-0.4, -0.2) is 30.6 Å². The molecular weight excluding hydrogens is 542 g/mol. The number of rotatable bonds is 10. The molecule has 0 saturated heterocycles. The minimum absolute atomic E-state index is 0.00541. The lowest BCUT2D eigenvalue weighted by Gasteiger charge is -2.15. The number of carbonyl (C=O) groups is 2. The minimum atomic E-state index is -3.79. The zero-order valence-corrected chi connectivity index (χ0v) is 22.8. The van der Waals surface area contributed by atoms with Gasteiger partial charge in [-0.25, -0.2) is 8.42 Å². The van der Waals surface area contributed by atoms with Gasteiger partial charge in [0.25, 0.3) is 0 Å². The first kappa shape index (κ1) is 28.1. The van der Waals surface area contributed by atoms with Crippen molar-refractivity contribution in [2.24, 2.45) is 0 Å². The number of carbonyl (C=O) groups excluding carboxylic acids is 1. The molecule has 202 valence electrons. The van der Waals surface area contributed by atoms with Crippen LogP contribution in [0.4, 0.5) is 0 Å². The minimum Gasteiger partial charge on any atom is -0.481 e. The van der Waals surface area contributed by atoms with Gasteiger partial charge in [-0.15, -0.1) is 0 Å². The fraction of sp³-hybridized carbons (Fsp3) is 0.207. The first-order valence-electron chi connectivity index (χ1n) is 12.1.